The molecule has 0 amide bonds. The van der Waals surface area contributed by atoms with Crippen LogP contribution < -0.4 is 11.3 Å². The third kappa shape index (κ3) is 4.23. The van der Waals surface area contributed by atoms with Gasteiger partial charge in [0.15, 0.2) is 5.13 Å². The molecule has 0 aliphatic heterocycles. The van der Waals surface area contributed by atoms with Crippen LogP contribution in [0, 0.1) is 0 Å². The van der Waals surface area contributed by atoms with E-state index in [2.05, 4.69) is 29.2 Å². The van der Waals surface area contributed by atoms with Crippen LogP contribution in [0.25, 0.3) is 0 Å². The molecule has 0 bridgehead atoms. The predicted molar refractivity (Wildman–Crippen MR) is 71.8 cm³/mol. The van der Waals surface area contributed by atoms with Crippen LogP contribution >= 0.6 is 11.3 Å². The number of nitrogens with two attached hydrogens (primary N) is 1. The highest BCUT2D eigenvalue weighted by molar-refractivity contribution is 7.15. The van der Waals surface area contributed by atoms with Crippen molar-refractivity contribution >= 4 is 16.5 Å². The Morgan fingerprint density at radius 2 is 2.24 bits per heavy atom. The van der Waals surface area contributed by atoms with E-state index >= 15 is 0 Å². The Labute approximate surface area is 107 Å². The molecular formula is C11H22N4OS. The highest BCUT2D eigenvalue weighted by atomic mass is 32.1. The molecule has 0 aromatic carbocycles. The largest absolute Gasteiger partial charge is 0.395 e. The van der Waals surface area contributed by atoms with E-state index in [1.54, 1.807) is 11.3 Å². The summed E-state index contributed by atoms with van der Waals surface area (Å²) in [5.41, 5.74) is 2.55. The van der Waals surface area contributed by atoms with E-state index in [1.807, 2.05) is 6.20 Å². The van der Waals surface area contributed by atoms with E-state index in [4.69, 9.17) is 10.9 Å². The molecule has 0 unspecified atom stereocenters. The molecule has 1 aromatic rings. The molecule has 0 aliphatic rings. The third-order valence-electron chi connectivity index (χ3n) is 2.88. The van der Waals surface area contributed by atoms with Crippen molar-refractivity contribution in [2.75, 3.05) is 18.6 Å². The number of nitrogens with one attached hydrogen (secondary N) is 1. The Kier molecular flexibility index (Phi) is 6.43. The second kappa shape index (κ2) is 7.60. The van der Waals surface area contributed by atoms with Crippen molar-refractivity contribution in [1.82, 2.24) is 9.88 Å². The summed E-state index contributed by atoms with van der Waals surface area (Å²) in [4.78, 5) is 7.62. The Balaban J connectivity index is 2.64. The topological polar surface area (TPSA) is 74.4 Å². The number of nitrogen functional groups attached to an aromatic ring is 1. The van der Waals surface area contributed by atoms with E-state index in [1.165, 1.54) is 4.88 Å². The molecule has 4 N–H and O–H groups in total. The molecule has 0 saturated carbocycles. The van der Waals surface area contributed by atoms with Crippen molar-refractivity contribution in [1.29, 1.82) is 0 Å². The zero-order valence-corrected chi connectivity index (χ0v) is 11.3. The molecular weight excluding hydrogens is 236 g/mol. The minimum absolute atomic E-state index is 0.192. The number of aliphatic hydroxyl groups excluding tert-OH is 1. The molecule has 17 heavy (non-hydrogen) atoms. The lowest BCUT2D eigenvalue weighted by molar-refractivity contribution is 0.137. The Bertz CT molecular complexity index is 314. The maximum absolute atomic E-state index is 9.12. The first-order valence-corrected chi connectivity index (χ1v) is 6.83. The van der Waals surface area contributed by atoms with Crippen LogP contribution in [-0.4, -0.2) is 34.2 Å². The van der Waals surface area contributed by atoms with E-state index in [0.717, 1.165) is 24.5 Å². The zero-order valence-electron chi connectivity index (χ0n) is 10.5. The van der Waals surface area contributed by atoms with Gasteiger partial charge in [-0.25, -0.2) is 10.8 Å². The molecule has 6 heteroatoms. The van der Waals surface area contributed by atoms with Gasteiger partial charge in [0, 0.05) is 30.2 Å². The lowest BCUT2D eigenvalue weighted by Gasteiger charge is -2.29. The average Bonchev–Trinajstić information content (AvgIpc) is 2.78. The van der Waals surface area contributed by atoms with Gasteiger partial charge in [0.2, 0.25) is 0 Å². The molecule has 1 heterocycles. The quantitative estimate of drug-likeness (QED) is 0.485. The highest BCUT2D eigenvalue weighted by Crippen LogP contribution is 2.20. The van der Waals surface area contributed by atoms with Crippen LogP contribution in [0.1, 0.15) is 31.6 Å². The first-order valence-electron chi connectivity index (χ1n) is 6.01. The zero-order chi connectivity index (χ0) is 12.7. The van der Waals surface area contributed by atoms with Gasteiger partial charge in [-0.1, -0.05) is 25.2 Å². The normalized spacial score (nSPS) is 11.4. The van der Waals surface area contributed by atoms with Crippen LogP contribution in [0.5, 0.6) is 0 Å². The minimum Gasteiger partial charge on any atom is -0.395 e. The number of thiazole rings is 1. The minimum atomic E-state index is 0.192. The summed E-state index contributed by atoms with van der Waals surface area (Å²) in [6, 6.07) is 0.513. The maximum atomic E-state index is 9.12. The Morgan fingerprint density at radius 3 is 2.71 bits per heavy atom. The summed E-state index contributed by atoms with van der Waals surface area (Å²) in [5.74, 6) is 5.31. The average molecular weight is 258 g/mol. The molecule has 0 fully saturated rings. The van der Waals surface area contributed by atoms with Crippen molar-refractivity contribution in [2.24, 2.45) is 5.84 Å². The second-order valence-corrected chi connectivity index (χ2v) is 5.06. The van der Waals surface area contributed by atoms with Gasteiger partial charge in [-0.3, -0.25) is 10.3 Å². The Hall–Kier alpha value is -0.690. The maximum Gasteiger partial charge on any atom is 0.197 e. The van der Waals surface area contributed by atoms with Gasteiger partial charge in [0.25, 0.3) is 0 Å². The lowest BCUT2D eigenvalue weighted by Crippen LogP contribution is -2.35. The van der Waals surface area contributed by atoms with Crippen molar-refractivity contribution in [3.63, 3.8) is 0 Å². The van der Waals surface area contributed by atoms with E-state index in [0.29, 0.717) is 12.6 Å². The second-order valence-electron chi connectivity index (χ2n) is 3.94. The van der Waals surface area contributed by atoms with E-state index < -0.39 is 0 Å². The molecule has 0 spiro atoms. The van der Waals surface area contributed by atoms with Crippen LogP contribution in [-0.2, 0) is 6.54 Å². The number of aromatic nitrogens is 1. The van der Waals surface area contributed by atoms with Gasteiger partial charge in [-0.2, -0.15) is 0 Å². The number of anilines is 1. The van der Waals surface area contributed by atoms with Gasteiger partial charge < -0.3 is 5.11 Å². The molecule has 0 atom stereocenters. The summed E-state index contributed by atoms with van der Waals surface area (Å²) in [6.45, 7) is 6.08. The van der Waals surface area contributed by atoms with Gasteiger partial charge in [0.05, 0.1) is 6.61 Å². The number of aliphatic hydroxyl groups is 1. The standard InChI is InChI=1S/C11H22N4OS/c1-3-9(4-2)15(5-6-16)8-10-7-13-11(14-12)17-10/h7,9,16H,3-6,8,12H2,1-2H3,(H,13,14). The number of rotatable bonds is 8. The van der Waals surface area contributed by atoms with Crippen molar-refractivity contribution in [3.8, 4) is 0 Å². The summed E-state index contributed by atoms with van der Waals surface area (Å²) >= 11 is 1.55. The first-order chi connectivity index (χ1) is 8.24. The van der Waals surface area contributed by atoms with Crippen LogP contribution in [0.15, 0.2) is 6.20 Å². The van der Waals surface area contributed by atoms with Crippen molar-refractivity contribution in [3.05, 3.63) is 11.1 Å². The highest BCUT2D eigenvalue weighted by Gasteiger charge is 2.16. The number of hydrazine groups is 1. The van der Waals surface area contributed by atoms with Gasteiger partial charge >= 0.3 is 0 Å². The van der Waals surface area contributed by atoms with Crippen LogP contribution in [0.3, 0.4) is 0 Å². The van der Waals surface area contributed by atoms with E-state index in [-0.39, 0.29) is 6.61 Å². The third-order valence-corrected chi connectivity index (χ3v) is 3.80. The number of hydrogen-bond donors (Lipinski definition) is 3. The predicted octanol–water partition coefficient (Wildman–Crippen LogP) is 1.41. The number of nitrogens with zero attached hydrogens (tertiary/aromatic N) is 2. The SMILES string of the molecule is CCC(CC)N(CCO)Cc1cnc(NN)s1. The first kappa shape index (κ1) is 14.4. The molecule has 1 aromatic heterocycles. The smallest absolute Gasteiger partial charge is 0.197 e. The molecule has 0 radical (unpaired) electrons. The van der Waals surface area contributed by atoms with Gasteiger partial charge in [-0.15, -0.1) is 0 Å². The summed E-state index contributed by atoms with van der Waals surface area (Å²) in [7, 11) is 0. The van der Waals surface area contributed by atoms with Crippen molar-refractivity contribution < 1.29 is 5.11 Å². The summed E-state index contributed by atoms with van der Waals surface area (Å²) < 4.78 is 0. The van der Waals surface area contributed by atoms with Crippen LogP contribution in [0.4, 0.5) is 5.13 Å². The van der Waals surface area contributed by atoms with Gasteiger partial charge in [-0.05, 0) is 12.8 Å². The fourth-order valence-corrected chi connectivity index (χ4v) is 2.72. The summed E-state index contributed by atoms with van der Waals surface area (Å²) in [5, 5.41) is 9.85. The molecule has 1 rings (SSSR count). The van der Waals surface area contributed by atoms with Crippen molar-refractivity contribution in [2.45, 2.75) is 39.3 Å². The molecule has 0 saturated heterocycles. The fourth-order valence-electron chi connectivity index (χ4n) is 1.97. The molecule has 98 valence electrons. The van der Waals surface area contributed by atoms with E-state index in [9.17, 15) is 0 Å². The lowest BCUT2D eigenvalue weighted by atomic mass is 10.1. The summed E-state index contributed by atoms with van der Waals surface area (Å²) in [6.07, 6.45) is 4.03. The van der Waals surface area contributed by atoms with Gasteiger partial charge in [0.1, 0.15) is 0 Å². The molecule has 0 aliphatic carbocycles. The fraction of sp³-hybridized carbons (Fsp3) is 0.727. The number of hydrogen-bond acceptors (Lipinski definition) is 6. The molecule has 5 nitrogen and oxygen atoms in total. The Morgan fingerprint density at radius 1 is 1.53 bits per heavy atom. The monoisotopic (exact) mass is 258 g/mol. The van der Waals surface area contributed by atoms with Crippen LogP contribution in [0.2, 0.25) is 0 Å².